The van der Waals surface area contributed by atoms with Gasteiger partial charge in [-0.15, -0.1) is 0 Å². The van der Waals surface area contributed by atoms with Crippen molar-refractivity contribution in [2.24, 2.45) is 0 Å². The maximum Gasteiger partial charge on any atom is 0.416 e. The number of aryl methyl sites for hydroxylation is 1. The molecule has 0 fully saturated rings. The van der Waals surface area contributed by atoms with Crippen molar-refractivity contribution in [1.29, 1.82) is 0 Å². The van der Waals surface area contributed by atoms with Crippen molar-refractivity contribution in [3.63, 3.8) is 0 Å². The predicted octanol–water partition coefficient (Wildman–Crippen LogP) is 3.36. The van der Waals surface area contributed by atoms with Gasteiger partial charge in [0, 0.05) is 17.4 Å². The van der Waals surface area contributed by atoms with E-state index >= 15 is 0 Å². The molecular weight excluding hydrogens is 415 g/mol. The van der Waals surface area contributed by atoms with Gasteiger partial charge in [-0.2, -0.15) is 18.3 Å². The highest BCUT2D eigenvalue weighted by Gasteiger charge is 2.30. The molecule has 0 aliphatic rings. The molecule has 1 aromatic heterocycles. The van der Waals surface area contributed by atoms with Crippen LogP contribution in [0.5, 0.6) is 0 Å². The Morgan fingerprint density at radius 2 is 1.77 bits per heavy atom. The van der Waals surface area contributed by atoms with Gasteiger partial charge in [0.15, 0.2) is 6.61 Å². The highest BCUT2D eigenvalue weighted by Crippen LogP contribution is 2.30. The first kappa shape index (κ1) is 21.8. The van der Waals surface area contributed by atoms with Gasteiger partial charge in [-0.1, -0.05) is 24.3 Å². The molecule has 0 radical (unpaired) electrons. The van der Waals surface area contributed by atoms with Crippen LogP contribution in [0.1, 0.15) is 21.7 Å². The number of rotatable bonds is 5. The smallest absolute Gasteiger partial charge is 0.416 e. The number of aromatic nitrogens is 2. The van der Waals surface area contributed by atoms with Gasteiger partial charge in [-0.3, -0.25) is 9.59 Å². The number of nitrogens with one attached hydrogen (secondary N) is 1. The number of para-hydroxylation sites is 1. The summed E-state index contributed by atoms with van der Waals surface area (Å²) in [6.45, 7) is 0.781. The Morgan fingerprint density at radius 3 is 2.45 bits per heavy atom. The minimum atomic E-state index is -4.57. The lowest BCUT2D eigenvalue weighted by Crippen LogP contribution is -2.27. The third kappa shape index (κ3) is 5.35. The molecule has 0 atom stereocenters. The zero-order valence-corrected chi connectivity index (χ0v) is 16.1. The Labute approximate surface area is 174 Å². The third-order valence-electron chi connectivity index (χ3n) is 4.11. The standard InChI is InChI=1S/C21H16F3N3O4/c1-13-10-17(28)19(20(30)31-12-18(29)25-15-7-3-2-4-8-15)26-27(13)16-9-5-6-14(11-16)21(22,23)24/h2-11H,12H2,1H3,(H,25,29). The van der Waals surface area contributed by atoms with Crippen LogP contribution in [0.25, 0.3) is 5.69 Å². The quantitative estimate of drug-likeness (QED) is 0.626. The minimum Gasteiger partial charge on any atom is -0.451 e. The van der Waals surface area contributed by atoms with Gasteiger partial charge < -0.3 is 10.1 Å². The molecule has 1 heterocycles. The summed E-state index contributed by atoms with van der Waals surface area (Å²) in [5, 5.41) is 6.36. The zero-order valence-electron chi connectivity index (χ0n) is 16.1. The Bertz CT molecular complexity index is 1170. The lowest BCUT2D eigenvalue weighted by Gasteiger charge is -2.13. The fourth-order valence-corrected chi connectivity index (χ4v) is 2.68. The Morgan fingerprint density at radius 1 is 1.06 bits per heavy atom. The summed E-state index contributed by atoms with van der Waals surface area (Å²) in [5.74, 6) is -1.81. The van der Waals surface area contributed by atoms with Crippen LogP contribution in [0.2, 0.25) is 0 Å². The molecule has 1 amide bonds. The van der Waals surface area contributed by atoms with E-state index in [1.807, 2.05) is 0 Å². The molecule has 0 spiro atoms. The van der Waals surface area contributed by atoms with Gasteiger partial charge in [-0.05, 0) is 37.3 Å². The molecule has 2 aromatic carbocycles. The molecule has 10 heteroatoms. The van der Waals surface area contributed by atoms with Crippen molar-refractivity contribution in [1.82, 2.24) is 9.78 Å². The van der Waals surface area contributed by atoms with Crippen molar-refractivity contribution in [2.75, 3.05) is 11.9 Å². The van der Waals surface area contributed by atoms with E-state index in [9.17, 15) is 27.6 Å². The lowest BCUT2D eigenvalue weighted by atomic mass is 10.2. The highest BCUT2D eigenvalue weighted by atomic mass is 19.4. The van der Waals surface area contributed by atoms with E-state index in [2.05, 4.69) is 10.4 Å². The van der Waals surface area contributed by atoms with Gasteiger partial charge in [0.2, 0.25) is 11.1 Å². The normalized spacial score (nSPS) is 11.1. The maximum atomic E-state index is 13.0. The van der Waals surface area contributed by atoms with Gasteiger partial charge in [0.05, 0.1) is 11.3 Å². The number of benzene rings is 2. The van der Waals surface area contributed by atoms with Gasteiger partial charge in [0.25, 0.3) is 5.91 Å². The van der Waals surface area contributed by atoms with Gasteiger partial charge >= 0.3 is 12.1 Å². The summed E-state index contributed by atoms with van der Waals surface area (Å²) >= 11 is 0. The summed E-state index contributed by atoms with van der Waals surface area (Å²) < 4.78 is 44.9. The Balaban J connectivity index is 1.80. The van der Waals surface area contributed by atoms with Crippen LogP contribution < -0.4 is 10.7 Å². The molecule has 0 saturated carbocycles. The molecule has 3 aromatic rings. The van der Waals surface area contributed by atoms with Crippen molar-refractivity contribution < 1.29 is 27.5 Å². The summed E-state index contributed by atoms with van der Waals surface area (Å²) in [6.07, 6.45) is -4.57. The van der Waals surface area contributed by atoms with Gasteiger partial charge in [0.1, 0.15) is 0 Å². The minimum absolute atomic E-state index is 0.00296. The van der Waals surface area contributed by atoms with Crippen LogP contribution in [-0.2, 0) is 15.7 Å². The van der Waals surface area contributed by atoms with Crippen LogP contribution in [-0.4, -0.2) is 28.3 Å². The molecule has 3 rings (SSSR count). The fraction of sp³-hybridized carbons (Fsp3) is 0.143. The number of halogens is 3. The molecule has 160 valence electrons. The first-order valence-electron chi connectivity index (χ1n) is 8.96. The Kier molecular flexibility index (Phi) is 6.19. The number of esters is 1. The van der Waals surface area contributed by atoms with Crippen molar-refractivity contribution >= 4 is 17.6 Å². The van der Waals surface area contributed by atoms with E-state index in [-0.39, 0.29) is 11.4 Å². The average molecular weight is 431 g/mol. The second-order valence-electron chi connectivity index (χ2n) is 6.45. The number of alkyl halides is 3. The number of nitrogens with zero attached hydrogens (tertiary/aromatic N) is 2. The first-order valence-corrected chi connectivity index (χ1v) is 8.96. The molecule has 0 bridgehead atoms. The second-order valence-corrected chi connectivity index (χ2v) is 6.45. The molecule has 7 nitrogen and oxygen atoms in total. The zero-order chi connectivity index (χ0) is 22.6. The summed E-state index contributed by atoms with van der Waals surface area (Å²) in [5.41, 5.74) is -1.65. The number of ether oxygens (including phenoxy) is 1. The fourth-order valence-electron chi connectivity index (χ4n) is 2.68. The van der Waals surface area contributed by atoms with Crippen LogP contribution in [0, 0.1) is 6.92 Å². The van der Waals surface area contributed by atoms with Crippen LogP contribution in [0.15, 0.2) is 65.5 Å². The second kappa shape index (κ2) is 8.82. The number of carbonyl (C=O) groups is 2. The molecule has 0 unspecified atom stereocenters. The highest BCUT2D eigenvalue weighted by molar-refractivity contribution is 5.94. The first-order chi connectivity index (χ1) is 14.6. The molecule has 0 aliphatic heterocycles. The summed E-state index contributed by atoms with van der Waals surface area (Å²) in [7, 11) is 0. The topological polar surface area (TPSA) is 90.3 Å². The number of anilines is 1. The summed E-state index contributed by atoms with van der Waals surface area (Å²) in [4.78, 5) is 36.4. The largest absolute Gasteiger partial charge is 0.451 e. The third-order valence-corrected chi connectivity index (χ3v) is 4.11. The van der Waals surface area contributed by atoms with E-state index < -0.39 is 41.3 Å². The van der Waals surface area contributed by atoms with Crippen LogP contribution in [0.3, 0.4) is 0 Å². The van der Waals surface area contributed by atoms with E-state index in [1.54, 1.807) is 30.3 Å². The predicted molar refractivity (Wildman–Crippen MR) is 105 cm³/mol. The van der Waals surface area contributed by atoms with Crippen LogP contribution in [0.4, 0.5) is 18.9 Å². The molecule has 0 aliphatic carbocycles. The number of hydrogen-bond donors (Lipinski definition) is 1. The molecule has 31 heavy (non-hydrogen) atoms. The van der Waals surface area contributed by atoms with Crippen molar-refractivity contribution in [3.05, 3.63) is 87.8 Å². The van der Waals surface area contributed by atoms with E-state index in [0.717, 1.165) is 22.9 Å². The van der Waals surface area contributed by atoms with E-state index in [4.69, 9.17) is 4.74 Å². The van der Waals surface area contributed by atoms with Gasteiger partial charge in [-0.25, -0.2) is 9.48 Å². The molecular formula is C21H16F3N3O4. The molecule has 1 N–H and O–H groups in total. The monoisotopic (exact) mass is 431 g/mol. The van der Waals surface area contributed by atoms with E-state index in [1.165, 1.54) is 19.1 Å². The molecule has 0 saturated heterocycles. The average Bonchev–Trinajstić information content (AvgIpc) is 2.72. The Hall–Kier alpha value is -3.95. The SMILES string of the molecule is Cc1cc(=O)c(C(=O)OCC(=O)Nc2ccccc2)nn1-c1cccc(C(F)(F)F)c1. The van der Waals surface area contributed by atoms with E-state index in [0.29, 0.717) is 5.69 Å². The number of amides is 1. The lowest BCUT2D eigenvalue weighted by molar-refractivity contribution is -0.137. The van der Waals surface area contributed by atoms with Crippen molar-refractivity contribution in [2.45, 2.75) is 13.1 Å². The summed E-state index contributed by atoms with van der Waals surface area (Å²) in [6, 6.07) is 13.7. The number of hydrogen-bond acceptors (Lipinski definition) is 5. The van der Waals surface area contributed by atoms with Crippen molar-refractivity contribution in [3.8, 4) is 5.69 Å². The van der Waals surface area contributed by atoms with Crippen LogP contribution >= 0.6 is 0 Å². The number of carbonyl (C=O) groups excluding carboxylic acids is 2. The maximum absolute atomic E-state index is 13.0.